The van der Waals surface area contributed by atoms with Crippen molar-refractivity contribution in [2.24, 2.45) is 0 Å². The molecule has 3 aromatic rings. The highest BCUT2D eigenvalue weighted by atomic mass is 19.1. The van der Waals surface area contributed by atoms with Gasteiger partial charge >= 0.3 is 0 Å². The van der Waals surface area contributed by atoms with Crippen molar-refractivity contribution in [1.29, 1.82) is 0 Å². The zero-order valence-corrected chi connectivity index (χ0v) is 17.5. The first-order valence-electron chi connectivity index (χ1n) is 10.4. The number of ether oxygens (including phenoxy) is 1. The Hall–Kier alpha value is -3.93. The summed E-state index contributed by atoms with van der Waals surface area (Å²) in [5.41, 5.74) is 1.35. The largest absolute Gasteiger partial charge is 0.507 e. The predicted octanol–water partition coefficient (Wildman–Crippen LogP) is 5.24. The molecule has 5 nitrogen and oxygen atoms in total. The van der Waals surface area contributed by atoms with Gasteiger partial charge in [0.05, 0.1) is 18.2 Å². The number of benzene rings is 3. The second-order valence-electron chi connectivity index (χ2n) is 7.43. The van der Waals surface area contributed by atoms with Crippen LogP contribution in [0.15, 0.2) is 84.4 Å². The summed E-state index contributed by atoms with van der Waals surface area (Å²) in [6, 6.07) is 20.2. The predicted molar refractivity (Wildman–Crippen MR) is 120 cm³/mol. The molecule has 1 amide bonds. The van der Waals surface area contributed by atoms with Gasteiger partial charge in [0.2, 0.25) is 0 Å². The van der Waals surface area contributed by atoms with E-state index in [9.17, 15) is 19.1 Å². The number of Topliss-reactive ketones (excluding diaryl/α,β-unsaturated/α-hetero) is 1. The van der Waals surface area contributed by atoms with E-state index < -0.39 is 23.5 Å². The Morgan fingerprint density at radius 1 is 1.00 bits per heavy atom. The molecule has 1 fully saturated rings. The van der Waals surface area contributed by atoms with E-state index in [0.29, 0.717) is 29.2 Å². The lowest BCUT2D eigenvalue weighted by Gasteiger charge is -2.25. The number of amides is 1. The maximum Gasteiger partial charge on any atom is 0.300 e. The third-order valence-corrected chi connectivity index (χ3v) is 5.24. The average Bonchev–Trinajstić information content (AvgIpc) is 3.09. The molecule has 0 radical (unpaired) electrons. The molecular formula is C26H22FNO4. The van der Waals surface area contributed by atoms with E-state index in [2.05, 4.69) is 0 Å². The van der Waals surface area contributed by atoms with Gasteiger partial charge < -0.3 is 9.84 Å². The van der Waals surface area contributed by atoms with Crippen molar-refractivity contribution < 1.29 is 23.8 Å². The number of aliphatic hydroxyl groups excluding tert-OH is 1. The van der Waals surface area contributed by atoms with Crippen LogP contribution in [0, 0.1) is 5.82 Å². The topological polar surface area (TPSA) is 66.8 Å². The number of aliphatic hydroxyl groups is 1. The highest BCUT2D eigenvalue weighted by Crippen LogP contribution is 2.42. The zero-order valence-electron chi connectivity index (χ0n) is 17.5. The van der Waals surface area contributed by atoms with Gasteiger partial charge in [-0.15, -0.1) is 0 Å². The molecule has 1 saturated heterocycles. The molecule has 0 aromatic heterocycles. The molecule has 1 atom stereocenters. The fraction of sp³-hybridized carbons (Fsp3) is 0.154. The number of carbonyl (C=O) groups is 2. The van der Waals surface area contributed by atoms with Gasteiger partial charge in [0.25, 0.3) is 11.7 Å². The normalized spacial score (nSPS) is 17.6. The van der Waals surface area contributed by atoms with E-state index in [-0.39, 0.29) is 11.3 Å². The maximum absolute atomic E-state index is 13.5. The van der Waals surface area contributed by atoms with Crippen LogP contribution >= 0.6 is 0 Å². The van der Waals surface area contributed by atoms with Crippen LogP contribution in [0.4, 0.5) is 10.1 Å². The minimum Gasteiger partial charge on any atom is -0.507 e. The molecule has 1 unspecified atom stereocenters. The minimum atomic E-state index is -0.859. The summed E-state index contributed by atoms with van der Waals surface area (Å²) in [4.78, 5) is 27.4. The second kappa shape index (κ2) is 9.06. The molecule has 0 aliphatic carbocycles. The maximum atomic E-state index is 13.5. The zero-order chi connectivity index (χ0) is 22.7. The number of rotatable bonds is 6. The van der Waals surface area contributed by atoms with Gasteiger partial charge in [-0.1, -0.05) is 49.4 Å². The molecule has 6 heteroatoms. The van der Waals surface area contributed by atoms with Crippen LogP contribution in [0.1, 0.15) is 30.5 Å². The molecule has 162 valence electrons. The number of anilines is 1. The highest BCUT2D eigenvalue weighted by molar-refractivity contribution is 6.51. The smallest absolute Gasteiger partial charge is 0.300 e. The summed E-state index contributed by atoms with van der Waals surface area (Å²) >= 11 is 0. The molecule has 1 heterocycles. The lowest BCUT2D eigenvalue weighted by Crippen LogP contribution is -2.29. The highest BCUT2D eigenvalue weighted by Gasteiger charge is 2.46. The number of nitrogens with zero attached hydrogens (tertiary/aromatic N) is 1. The Morgan fingerprint density at radius 2 is 1.72 bits per heavy atom. The summed E-state index contributed by atoms with van der Waals surface area (Å²) < 4.78 is 19.1. The third-order valence-electron chi connectivity index (χ3n) is 5.24. The molecule has 0 spiro atoms. The van der Waals surface area contributed by atoms with Gasteiger partial charge in [0, 0.05) is 11.3 Å². The molecule has 0 saturated carbocycles. The fourth-order valence-corrected chi connectivity index (χ4v) is 3.76. The van der Waals surface area contributed by atoms with E-state index in [1.54, 1.807) is 48.5 Å². The van der Waals surface area contributed by atoms with Gasteiger partial charge in [-0.05, 0) is 48.4 Å². The molecule has 4 rings (SSSR count). The molecule has 1 aliphatic rings. The van der Waals surface area contributed by atoms with Crippen molar-refractivity contribution in [1.82, 2.24) is 0 Å². The Morgan fingerprint density at radius 3 is 2.41 bits per heavy atom. The molecule has 0 bridgehead atoms. The number of hydrogen-bond donors (Lipinski definition) is 1. The van der Waals surface area contributed by atoms with E-state index in [1.165, 1.54) is 29.2 Å². The molecule has 1 aliphatic heterocycles. The van der Waals surface area contributed by atoms with E-state index in [0.717, 1.165) is 6.42 Å². The monoisotopic (exact) mass is 431 g/mol. The average molecular weight is 431 g/mol. The summed E-state index contributed by atoms with van der Waals surface area (Å²) in [5.74, 6) is -1.78. The summed E-state index contributed by atoms with van der Waals surface area (Å²) in [5, 5.41) is 11.2. The molecule has 32 heavy (non-hydrogen) atoms. The van der Waals surface area contributed by atoms with E-state index in [4.69, 9.17) is 4.74 Å². The molecule has 3 aromatic carbocycles. The first-order valence-corrected chi connectivity index (χ1v) is 10.4. The van der Waals surface area contributed by atoms with Crippen LogP contribution in [-0.4, -0.2) is 23.4 Å². The lowest BCUT2D eigenvalue weighted by molar-refractivity contribution is -0.132. The van der Waals surface area contributed by atoms with Crippen molar-refractivity contribution in [2.75, 3.05) is 11.5 Å². The van der Waals surface area contributed by atoms with Gasteiger partial charge in [0.1, 0.15) is 17.3 Å². The van der Waals surface area contributed by atoms with Gasteiger partial charge in [-0.2, -0.15) is 0 Å². The Kier molecular flexibility index (Phi) is 6.03. The van der Waals surface area contributed by atoms with Crippen molar-refractivity contribution in [3.63, 3.8) is 0 Å². The van der Waals surface area contributed by atoms with Crippen LogP contribution in [0.5, 0.6) is 5.75 Å². The number of carbonyl (C=O) groups excluding carboxylic acids is 2. The van der Waals surface area contributed by atoms with E-state index >= 15 is 0 Å². The number of ketones is 1. The van der Waals surface area contributed by atoms with Gasteiger partial charge in [-0.3, -0.25) is 14.5 Å². The van der Waals surface area contributed by atoms with Crippen LogP contribution < -0.4 is 9.64 Å². The number of hydrogen-bond acceptors (Lipinski definition) is 4. The van der Waals surface area contributed by atoms with Crippen molar-refractivity contribution >= 4 is 23.1 Å². The SMILES string of the molecule is CCCOc1cccc(/C(O)=C2/C(=O)C(=O)N(c3ccc(F)cc3)C2c2ccccc2)c1. The van der Waals surface area contributed by atoms with Crippen molar-refractivity contribution in [3.8, 4) is 5.75 Å². The molecule has 1 N–H and O–H groups in total. The Bertz CT molecular complexity index is 1170. The fourth-order valence-electron chi connectivity index (χ4n) is 3.76. The first kappa shape index (κ1) is 21.3. The van der Waals surface area contributed by atoms with Crippen LogP contribution in [0.25, 0.3) is 5.76 Å². The van der Waals surface area contributed by atoms with E-state index in [1.807, 2.05) is 13.0 Å². The third kappa shape index (κ3) is 3.99. The summed E-state index contributed by atoms with van der Waals surface area (Å²) in [7, 11) is 0. The van der Waals surface area contributed by atoms with Crippen LogP contribution in [0.2, 0.25) is 0 Å². The summed E-state index contributed by atoms with van der Waals surface area (Å²) in [6.07, 6.45) is 0.826. The standard InChI is InChI=1S/C26H22FNO4/c1-2-15-32-21-10-6-9-18(16-21)24(29)22-23(17-7-4-3-5-8-17)28(26(31)25(22)30)20-13-11-19(27)12-14-20/h3-14,16,23,29H,2,15H2,1H3/b24-22-. The quantitative estimate of drug-likeness (QED) is 0.329. The molecular weight excluding hydrogens is 409 g/mol. The second-order valence-corrected chi connectivity index (χ2v) is 7.43. The van der Waals surface area contributed by atoms with Crippen molar-refractivity contribution in [2.45, 2.75) is 19.4 Å². The van der Waals surface area contributed by atoms with Crippen molar-refractivity contribution in [3.05, 3.63) is 101 Å². The summed E-state index contributed by atoms with van der Waals surface area (Å²) in [6.45, 7) is 2.50. The first-order chi connectivity index (χ1) is 15.5. The Balaban J connectivity index is 1.87. The van der Waals surface area contributed by atoms with Gasteiger partial charge in [0.15, 0.2) is 0 Å². The van der Waals surface area contributed by atoms with Gasteiger partial charge in [-0.25, -0.2) is 4.39 Å². The lowest BCUT2D eigenvalue weighted by atomic mass is 9.95. The Labute approximate surface area is 185 Å². The number of halogens is 1. The van der Waals surface area contributed by atoms with Crippen LogP contribution in [-0.2, 0) is 9.59 Å². The van der Waals surface area contributed by atoms with Crippen LogP contribution in [0.3, 0.4) is 0 Å². The minimum absolute atomic E-state index is 0.0295.